The number of rotatable bonds is 3. The molecule has 6 heteroatoms. The van der Waals surface area contributed by atoms with Crippen molar-refractivity contribution in [3.63, 3.8) is 0 Å². The Balaban J connectivity index is 1.76. The molecule has 134 valence electrons. The molecule has 4 rings (SSSR count). The summed E-state index contributed by atoms with van der Waals surface area (Å²) in [6.07, 6.45) is 0. The minimum absolute atomic E-state index is 0.138. The van der Waals surface area contributed by atoms with Crippen LogP contribution in [-0.4, -0.2) is 11.0 Å². The number of esters is 1. The first kappa shape index (κ1) is 17.2. The van der Waals surface area contributed by atoms with E-state index >= 15 is 0 Å². The van der Waals surface area contributed by atoms with Gasteiger partial charge < -0.3 is 9.15 Å². The fourth-order valence-electron chi connectivity index (χ4n) is 2.85. The van der Waals surface area contributed by atoms with Gasteiger partial charge in [0, 0.05) is 5.02 Å². The second-order valence-corrected chi connectivity index (χ2v) is 6.54. The van der Waals surface area contributed by atoms with Crippen LogP contribution in [0.15, 0.2) is 63.8 Å². The number of aryl methyl sites for hydroxylation is 1. The third-order valence-corrected chi connectivity index (χ3v) is 4.48. The smallest absolute Gasteiger partial charge is 0.340 e. The van der Waals surface area contributed by atoms with E-state index in [0.717, 1.165) is 5.56 Å². The molecule has 0 amide bonds. The number of fused-ring (bicyclic) bond motifs is 2. The molecule has 0 N–H and O–H groups in total. The number of aromatic nitrogens is 1. The maximum absolute atomic E-state index is 12.8. The van der Waals surface area contributed by atoms with E-state index in [4.69, 9.17) is 20.8 Å². The Bertz CT molecular complexity index is 1230. The number of nitrogens with zero attached hydrogens (tertiary/aromatic N) is 1. The lowest BCUT2D eigenvalue weighted by Gasteiger charge is -2.08. The first-order chi connectivity index (χ1) is 13.0. The van der Waals surface area contributed by atoms with Crippen LogP contribution >= 0.6 is 11.6 Å². The second-order valence-electron chi connectivity index (χ2n) is 6.11. The summed E-state index contributed by atoms with van der Waals surface area (Å²) in [5, 5.41) is 0.975. The van der Waals surface area contributed by atoms with Gasteiger partial charge in [0.25, 0.3) is 0 Å². The lowest BCUT2D eigenvalue weighted by atomic mass is 10.1. The molecule has 0 aliphatic heterocycles. The lowest BCUT2D eigenvalue weighted by Crippen LogP contribution is -2.11. The van der Waals surface area contributed by atoms with Crippen LogP contribution in [0.2, 0.25) is 5.02 Å². The second kappa shape index (κ2) is 6.85. The van der Waals surface area contributed by atoms with Crippen molar-refractivity contribution in [2.24, 2.45) is 0 Å². The van der Waals surface area contributed by atoms with E-state index in [2.05, 4.69) is 4.98 Å². The Hall–Kier alpha value is -3.18. The van der Waals surface area contributed by atoms with Crippen molar-refractivity contribution < 1.29 is 13.9 Å². The fraction of sp³-hybridized carbons (Fsp3) is 0.0952. The van der Waals surface area contributed by atoms with Crippen molar-refractivity contribution in [2.45, 2.75) is 13.5 Å². The number of hydrogen-bond acceptors (Lipinski definition) is 5. The van der Waals surface area contributed by atoms with E-state index in [-0.39, 0.29) is 28.7 Å². The molecule has 27 heavy (non-hydrogen) atoms. The van der Waals surface area contributed by atoms with E-state index in [0.29, 0.717) is 21.7 Å². The van der Waals surface area contributed by atoms with Crippen molar-refractivity contribution in [2.75, 3.05) is 0 Å². The van der Waals surface area contributed by atoms with Gasteiger partial charge in [0.1, 0.15) is 12.2 Å². The van der Waals surface area contributed by atoms with E-state index in [1.807, 2.05) is 30.3 Å². The Labute approximate surface area is 159 Å². The van der Waals surface area contributed by atoms with E-state index in [9.17, 15) is 9.59 Å². The molecule has 0 aliphatic carbocycles. The van der Waals surface area contributed by atoms with Crippen LogP contribution < -0.4 is 5.43 Å². The van der Waals surface area contributed by atoms with Gasteiger partial charge in [-0.15, -0.1) is 0 Å². The van der Waals surface area contributed by atoms with Crippen LogP contribution in [0.3, 0.4) is 0 Å². The quantitative estimate of drug-likeness (QED) is 0.382. The zero-order valence-electron chi connectivity index (χ0n) is 14.4. The first-order valence-electron chi connectivity index (χ1n) is 8.28. The number of hydrogen-bond donors (Lipinski definition) is 0. The molecule has 0 saturated carbocycles. The van der Waals surface area contributed by atoms with Gasteiger partial charge in [0.2, 0.25) is 11.1 Å². The highest BCUT2D eigenvalue weighted by atomic mass is 35.5. The monoisotopic (exact) mass is 379 g/mol. The average Bonchev–Trinajstić information content (AvgIpc) is 2.67. The van der Waals surface area contributed by atoms with Gasteiger partial charge in [-0.25, -0.2) is 9.78 Å². The molecule has 0 atom stereocenters. The largest absolute Gasteiger partial charge is 0.457 e. The summed E-state index contributed by atoms with van der Waals surface area (Å²) < 4.78 is 11.1. The van der Waals surface area contributed by atoms with Crippen LogP contribution in [0.4, 0.5) is 0 Å². The van der Waals surface area contributed by atoms with E-state index in [1.54, 1.807) is 19.1 Å². The van der Waals surface area contributed by atoms with E-state index < -0.39 is 5.97 Å². The van der Waals surface area contributed by atoms with Crippen LogP contribution in [-0.2, 0) is 11.3 Å². The summed E-state index contributed by atoms with van der Waals surface area (Å²) >= 11 is 5.98. The molecule has 0 unspecified atom stereocenters. The Morgan fingerprint density at radius 3 is 2.67 bits per heavy atom. The molecule has 0 fully saturated rings. The van der Waals surface area contributed by atoms with Crippen LogP contribution in [0, 0.1) is 6.92 Å². The van der Waals surface area contributed by atoms with Gasteiger partial charge in [-0.2, -0.15) is 0 Å². The highest BCUT2D eigenvalue weighted by molar-refractivity contribution is 6.31. The molecule has 2 heterocycles. The molecular formula is C21H14ClNO4. The minimum Gasteiger partial charge on any atom is -0.457 e. The van der Waals surface area contributed by atoms with Gasteiger partial charge in [-0.3, -0.25) is 4.79 Å². The Morgan fingerprint density at radius 1 is 1.11 bits per heavy atom. The number of carbonyl (C=O) groups is 1. The fourth-order valence-corrected chi connectivity index (χ4v) is 3.02. The molecule has 5 nitrogen and oxygen atoms in total. The summed E-state index contributed by atoms with van der Waals surface area (Å²) in [6.45, 7) is 1.81. The molecule has 2 aromatic heterocycles. The summed E-state index contributed by atoms with van der Waals surface area (Å²) in [4.78, 5) is 29.6. The molecule has 2 aromatic carbocycles. The van der Waals surface area contributed by atoms with Gasteiger partial charge in [-0.1, -0.05) is 41.9 Å². The average molecular weight is 380 g/mol. The zero-order valence-corrected chi connectivity index (χ0v) is 15.1. The molecule has 0 saturated heterocycles. The SMILES string of the molecule is Cc1nc2oc3ccc(Cl)cc3c(=O)c2cc1C(=O)OCc1ccccc1. The Kier molecular flexibility index (Phi) is 4.38. The normalized spacial score (nSPS) is 11.0. The minimum atomic E-state index is -0.545. The molecule has 0 spiro atoms. The standard InChI is InChI=1S/C21H14ClNO4/c1-12-15(21(25)26-11-13-5-3-2-4-6-13)10-17-19(24)16-9-14(22)7-8-18(16)27-20(17)23-12/h2-10H,11H2,1H3. The highest BCUT2D eigenvalue weighted by Gasteiger charge is 2.17. The predicted octanol–water partition coefficient (Wildman–Crippen LogP) is 4.66. The van der Waals surface area contributed by atoms with E-state index in [1.165, 1.54) is 12.1 Å². The third kappa shape index (κ3) is 3.29. The highest BCUT2D eigenvalue weighted by Crippen LogP contribution is 2.22. The number of ether oxygens (including phenoxy) is 1. The van der Waals surface area contributed by atoms with Gasteiger partial charge >= 0.3 is 5.97 Å². The number of halogens is 1. The van der Waals surface area contributed by atoms with Crippen LogP contribution in [0.5, 0.6) is 0 Å². The maximum Gasteiger partial charge on any atom is 0.340 e. The zero-order chi connectivity index (χ0) is 19.0. The van der Waals surface area contributed by atoms with Crippen LogP contribution in [0.1, 0.15) is 21.6 Å². The maximum atomic E-state index is 12.8. The third-order valence-electron chi connectivity index (χ3n) is 4.25. The Morgan fingerprint density at radius 2 is 1.89 bits per heavy atom. The van der Waals surface area contributed by atoms with Crippen molar-refractivity contribution in [3.8, 4) is 0 Å². The lowest BCUT2D eigenvalue weighted by molar-refractivity contribution is 0.0471. The summed E-state index contributed by atoms with van der Waals surface area (Å²) in [5.41, 5.74) is 1.80. The number of pyridine rings is 1. The topological polar surface area (TPSA) is 69.4 Å². The first-order valence-corrected chi connectivity index (χ1v) is 8.65. The van der Waals surface area contributed by atoms with Gasteiger partial charge in [0.05, 0.1) is 22.0 Å². The molecule has 0 radical (unpaired) electrons. The van der Waals surface area contributed by atoms with Gasteiger partial charge in [-0.05, 0) is 36.8 Å². The summed E-state index contributed by atoms with van der Waals surface area (Å²) in [5.74, 6) is -0.545. The molecule has 0 bridgehead atoms. The summed E-state index contributed by atoms with van der Waals surface area (Å²) in [7, 11) is 0. The molecule has 0 aliphatic rings. The van der Waals surface area contributed by atoms with Gasteiger partial charge in [0.15, 0.2) is 0 Å². The van der Waals surface area contributed by atoms with Crippen molar-refractivity contribution >= 4 is 39.6 Å². The summed E-state index contributed by atoms with van der Waals surface area (Å²) in [6, 6.07) is 15.6. The van der Waals surface area contributed by atoms with Crippen molar-refractivity contribution in [3.05, 3.63) is 86.7 Å². The predicted molar refractivity (Wildman–Crippen MR) is 103 cm³/mol. The number of benzene rings is 2. The van der Waals surface area contributed by atoms with Crippen molar-refractivity contribution in [1.29, 1.82) is 0 Å². The molecular weight excluding hydrogens is 366 g/mol. The van der Waals surface area contributed by atoms with Crippen molar-refractivity contribution in [1.82, 2.24) is 4.98 Å². The van der Waals surface area contributed by atoms with Crippen LogP contribution in [0.25, 0.3) is 22.1 Å². The molecule has 4 aromatic rings. The number of carbonyl (C=O) groups excluding carboxylic acids is 1.